The van der Waals surface area contributed by atoms with Crippen LogP contribution in [0.15, 0.2) is 17.0 Å². The second-order valence-electron chi connectivity index (χ2n) is 3.34. The van der Waals surface area contributed by atoms with Crippen molar-refractivity contribution in [3.63, 3.8) is 0 Å². The monoisotopic (exact) mass is 310 g/mol. The van der Waals surface area contributed by atoms with E-state index in [2.05, 4.69) is 0 Å². The molecular weight excluding hydrogens is 306 g/mol. The highest BCUT2D eigenvalue weighted by atomic mass is 32.2. The Morgan fingerprint density at radius 1 is 0.947 bits per heavy atom. The second-order valence-corrected chi connectivity index (χ2v) is 4.76. The van der Waals surface area contributed by atoms with Gasteiger partial charge in [-0.15, -0.1) is 0 Å². The van der Waals surface area contributed by atoms with Crippen molar-refractivity contribution in [1.82, 2.24) is 0 Å². The molecule has 0 aliphatic heterocycles. The highest BCUT2D eigenvalue weighted by Crippen LogP contribution is 2.45. The summed E-state index contributed by atoms with van der Waals surface area (Å²) in [6, 6.07) is -0.523. The van der Waals surface area contributed by atoms with Gasteiger partial charge in [0.15, 0.2) is 0 Å². The Bertz CT molecular complexity index is 601. The van der Waals surface area contributed by atoms with E-state index in [0.717, 1.165) is 0 Å². The van der Waals surface area contributed by atoms with Crippen LogP contribution in [0.5, 0.6) is 5.75 Å². The van der Waals surface area contributed by atoms with Gasteiger partial charge < -0.3 is 5.11 Å². The van der Waals surface area contributed by atoms with E-state index in [9.17, 15) is 34.8 Å². The molecule has 0 saturated carbocycles. The largest absolute Gasteiger partial charge is 0.507 e. The topological polar surface area (TPSA) is 74.6 Å². The normalized spacial score (nSPS) is 13.6. The van der Waals surface area contributed by atoms with Gasteiger partial charge in [0, 0.05) is 6.07 Å². The maximum absolute atomic E-state index is 12.4. The van der Waals surface area contributed by atoms with E-state index in [4.69, 9.17) is 9.66 Å². The van der Waals surface area contributed by atoms with E-state index in [1.807, 2.05) is 0 Å². The van der Waals surface area contributed by atoms with Crippen molar-refractivity contribution in [2.24, 2.45) is 0 Å². The summed E-state index contributed by atoms with van der Waals surface area (Å²) in [6.45, 7) is 0. The van der Waals surface area contributed by atoms with Gasteiger partial charge in [-0.3, -0.25) is 4.55 Å². The zero-order valence-corrected chi connectivity index (χ0v) is 9.36. The molecular formula is C8H4F6O4S. The zero-order chi connectivity index (χ0) is 15.2. The first kappa shape index (κ1) is 15.6. The summed E-state index contributed by atoms with van der Waals surface area (Å²) in [6.07, 6.45) is -11.1. The Morgan fingerprint density at radius 2 is 1.42 bits per heavy atom. The first-order valence-electron chi connectivity index (χ1n) is 4.23. The number of phenols is 1. The molecule has 0 spiro atoms. The lowest BCUT2D eigenvalue weighted by Crippen LogP contribution is -2.18. The lowest BCUT2D eigenvalue weighted by molar-refractivity contribution is -0.163. The van der Waals surface area contributed by atoms with Gasteiger partial charge >= 0.3 is 12.4 Å². The van der Waals surface area contributed by atoms with Gasteiger partial charge in [-0.2, -0.15) is 34.8 Å². The minimum Gasteiger partial charge on any atom is -0.507 e. The van der Waals surface area contributed by atoms with Crippen molar-refractivity contribution < 1.29 is 44.4 Å². The highest BCUT2D eigenvalue weighted by molar-refractivity contribution is 7.85. The van der Waals surface area contributed by atoms with E-state index >= 15 is 0 Å². The molecule has 1 rings (SSSR count). The third kappa shape index (κ3) is 3.29. The molecule has 0 heterocycles. The molecule has 0 atom stereocenters. The Morgan fingerprint density at radius 3 is 1.74 bits per heavy atom. The maximum atomic E-state index is 12.4. The van der Waals surface area contributed by atoms with E-state index in [-0.39, 0.29) is 6.07 Å². The lowest BCUT2D eigenvalue weighted by Gasteiger charge is -2.17. The molecule has 4 nitrogen and oxygen atoms in total. The van der Waals surface area contributed by atoms with Gasteiger partial charge in [-0.05, 0) is 6.07 Å². The number of hydrogen-bond donors (Lipinski definition) is 2. The van der Waals surface area contributed by atoms with Crippen LogP contribution in [-0.4, -0.2) is 18.1 Å². The summed E-state index contributed by atoms with van der Waals surface area (Å²) in [5.74, 6) is -1.95. The molecule has 2 N–H and O–H groups in total. The van der Waals surface area contributed by atoms with Crippen molar-refractivity contribution >= 4 is 10.1 Å². The van der Waals surface area contributed by atoms with E-state index in [1.54, 1.807) is 0 Å². The first-order chi connectivity index (χ1) is 8.24. The summed E-state index contributed by atoms with van der Waals surface area (Å²) in [5.41, 5.74) is -4.83. The van der Waals surface area contributed by atoms with Crippen LogP contribution in [0.2, 0.25) is 0 Å². The van der Waals surface area contributed by atoms with Gasteiger partial charge in [-0.1, -0.05) is 0 Å². The van der Waals surface area contributed by atoms with Crippen LogP contribution in [0.4, 0.5) is 26.3 Å². The fourth-order valence-corrected chi connectivity index (χ4v) is 1.80. The number of alkyl halides is 6. The lowest BCUT2D eigenvalue weighted by atomic mass is 10.1. The van der Waals surface area contributed by atoms with E-state index in [1.165, 1.54) is 0 Å². The van der Waals surface area contributed by atoms with Gasteiger partial charge in [0.25, 0.3) is 10.1 Å². The smallest absolute Gasteiger partial charge is 0.420 e. The highest BCUT2D eigenvalue weighted by Gasteiger charge is 2.46. The standard InChI is InChI=1S/C8H4F6O4S/c9-7(10,11)4-1-3(19(16,17)18)2-5(15)6(4)8(12,13)14/h1-2,15H,(H,16,17,18). The molecule has 0 aromatic heterocycles. The predicted molar refractivity (Wildman–Crippen MR) is 47.9 cm³/mol. The Kier molecular flexibility index (Phi) is 3.50. The SMILES string of the molecule is O=S(=O)(O)c1cc(O)c(C(F)(F)F)c(C(F)(F)F)c1. The third-order valence-electron chi connectivity index (χ3n) is 1.98. The fourth-order valence-electron chi connectivity index (χ4n) is 1.27. The van der Waals surface area contributed by atoms with Crippen molar-refractivity contribution in [3.8, 4) is 5.75 Å². The molecule has 0 radical (unpaired) electrons. The molecule has 0 unspecified atom stereocenters. The fraction of sp³-hybridized carbons (Fsp3) is 0.250. The average Bonchev–Trinajstić information content (AvgIpc) is 2.11. The molecule has 0 amide bonds. The molecule has 19 heavy (non-hydrogen) atoms. The van der Waals surface area contributed by atoms with Crippen LogP contribution in [0.25, 0.3) is 0 Å². The summed E-state index contributed by atoms with van der Waals surface area (Å²) in [7, 11) is -5.20. The summed E-state index contributed by atoms with van der Waals surface area (Å²) >= 11 is 0. The molecule has 0 fully saturated rings. The van der Waals surface area contributed by atoms with E-state index in [0.29, 0.717) is 0 Å². The quantitative estimate of drug-likeness (QED) is 0.618. The van der Waals surface area contributed by atoms with Crippen LogP contribution in [0.1, 0.15) is 11.1 Å². The maximum Gasteiger partial charge on any atom is 0.420 e. The second kappa shape index (κ2) is 4.27. The van der Waals surface area contributed by atoms with Crippen LogP contribution in [0, 0.1) is 0 Å². The Balaban J connectivity index is 3.78. The molecule has 1 aromatic rings. The van der Waals surface area contributed by atoms with Gasteiger partial charge in [0.2, 0.25) is 0 Å². The number of aromatic hydroxyl groups is 1. The van der Waals surface area contributed by atoms with Crippen molar-refractivity contribution in [3.05, 3.63) is 23.3 Å². The van der Waals surface area contributed by atoms with Crippen LogP contribution < -0.4 is 0 Å². The van der Waals surface area contributed by atoms with Gasteiger partial charge in [0.1, 0.15) is 11.3 Å². The number of halogens is 6. The number of hydrogen-bond acceptors (Lipinski definition) is 3. The summed E-state index contributed by atoms with van der Waals surface area (Å²) in [5, 5.41) is 8.94. The molecule has 0 bridgehead atoms. The van der Waals surface area contributed by atoms with Crippen molar-refractivity contribution in [2.75, 3.05) is 0 Å². The van der Waals surface area contributed by atoms with Crippen molar-refractivity contribution in [2.45, 2.75) is 17.2 Å². The van der Waals surface area contributed by atoms with Gasteiger partial charge in [-0.25, -0.2) is 0 Å². The van der Waals surface area contributed by atoms with Crippen LogP contribution >= 0.6 is 0 Å². The number of phenolic OH excluding ortho intramolecular Hbond substituents is 1. The Hall–Kier alpha value is -1.49. The Labute approximate surface area is 102 Å². The molecule has 0 aliphatic carbocycles. The minimum absolute atomic E-state index is 0.118. The van der Waals surface area contributed by atoms with Crippen LogP contribution in [-0.2, 0) is 22.5 Å². The van der Waals surface area contributed by atoms with Crippen molar-refractivity contribution in [1.29, 1.82) is 0 Å². The summed E-state index contributed by atoms with van der Waals surface area (Å²) in [4.78, 5) is -1.50. The third-order valence-corrected chi connectivity index (χ3v) is 2.81. The molecule has 0 saturated heterocycles. The van der Waals surface area contributed by atoms with Gasteiger partial charge in [0.05, 0.1) is 10.5 Å². The molecule has 0 aliphatic rings. The van der Waals surface area contributed by atoms with E-state index < -0.39 is 50.3 Å². The zero-order valence-electron chi connectivity index (χ0n) is 8.54. The minimum atomic E-state index is -5.57. The average molecular weight is 310 g/mol. The van der Waals surface area contributed by atoms with Crippen LogP contribution in [0.3, 0.4) is 0 Å². The molecule has 11 heteroatoms. The number of benzene rings is 1. The molecule has 108 valence electrons. The number of rotatable bonds is 1. The molecule has 1 aromatic carbocycles. The first-order valence-corrected chi connectivity index (χ1v) is 5.67. The summed E-state index contributed by atoms with van der Waals surface area (Å²) < 4.78 is 104. The predicted octanol–water partition coefficient (Wildman–Crippen LogP) is 2.68.